The normalized spacial score (nSPS) is 28.6. The van der Waals surface area contributed by atoms with Crippen molar-refractivity contribution in [1.82, 2.24) is 5.32 Å². The molecule has 1 saturated carbocycles. The van der Waals surface area contributed by atoms with E-state index >= 15 is 0 Å². The number of carbonyl (C=O) groups excluding carboxylic acids is 1. The van der Waals surface area contributed by atoms with Crippen LogP contribution in [-0.4, -0.2) is 30.3 Å². The van der Waals surface area contributed by atoms with Crippen LogP contribution in [0, 0.1) is 5.92 Å². The fraction of sp³-hybridized carbons (Fsp3) is 0.562. The van der Waals surface area contributed by atoms with Crippen molar-refractivity contribution in [3.05, 3.63) is 29.8 Å². The molecule has 0 radical (unpaired) electrons. The van der Waals surface area contributed by atoms with Crippen LogP contribution in [-0.2, 0) is 4.79 Å². The van der Waals surface area contributed by atoms with Gasteiger partial charge in [0, 0.05) is 18.0 Å². The Hall–Kier alpha value is -1.55. The van der Waals surface area contributed by atoms with Gasteiger partial charge < -0.3 is 15.2 Å². The maximum atomic E-state index is 12.3. The van der Waals surface area contributed by atoms with Crippen LogP contribution < -0.4 is 10.1 Å². The number of aliphatic hydroxyl groups is 1. The minimum Gasteiger partial charge on any atom is -0.492 e. The fourth-order valence-corrected chi connectivity index (χ4v) is 3.16. The molecule has 1 aliphatic heterocycles. The molecule has 0 aromatic heterocycles. The van der Waals surface area contributed by atoms with Gasteiger partial charge in [-0.15, -0.1) is 0 Å². The van der Waals surface area contributed by atoms with Gasteiger partial charge in [-0.3, -0.25) is 4.79 Å². The quantitative estimate of drug-likeness (QED) is 0.885. The Kier molecular flexibility index (Phi) is 3.92. The van der Waals surface area contributed by atoms with Gasteiger partial charge in [-0.05, 0) is 18.9 Å². The Balaban J connectivity index is 1.58. The van der Waals surface area contributed by atoms with E-state index in [0.717, 1.165) is 37.0 Å². The van der Waals surface area contributed by atoms with Crippen LogP contribution in [0.2, 0.25) is 0 Å². The summed E-state index contributed by atoms with van der Waals surface area (Å²) in [6.45, 7) is 0.983. The summed E-state index contributed by atoms with van der Waals surface area (Å²) in [6.07, 6.45) is 3.83. The molecule has 1 amide bonds. The van der Waals surface area contributed by atoms with Crippen molar-refractivity contribution in [2.75, 3.05) is 13.2 Å². The van der Waals surface area contributed by atoms with Crippen molar-refractivity contribution in [1.29, 1.82) is 0 Å². The highest BCUT2D eigenvalue weighted by atomic mass is 16.5. The molecule has 4 nitrogen and oxygen atoms in total. The number of hydrogen-bond acceptors (Lipinski definition) is 3. The van der Waals surface area contributed by atoms with Gasteiger partial charge >= 0.3 is 0 Å². The number of ether oxygens (including phenoxy) is 1. The molecule has 2 aliphatic rings. The predicted molar refractivity (Wildman–Crippen MR) is 75.7 cm³/mol. The zero-order chi connectivity index (χ0) is 13.9. The second kappa shape index (κ2) is 5.83. The number of aliphatic hydroxyl groups excluding tert-OH is 1. The first kappa shape index (κ1) is 13.4. The van der Waals surface area contributed by atoms with Gasteiger partial charge in [0.2, 0.25) is 5.91 Å². The fourth-order valence-electron chi connectivity index (χ4n) is 3.16. The number of para-hydroxylation sites is 1. The number of fused-ring (bicyclic) bond motifs is 1. The highest BCUT2D eigenvalue weighted by molar-refractivity contribution is 5.85. The van der Waals surface area contributed by atoms with Crippen molar-refractivity contribution in [2.45, 2.75) is 37.7 Å². The highest BCUT2D eigenvalue weighted by Crippen LogP contribution is 2.33. The Labute approximate surface area is 119 Å². The molecule has 1 heterocycles. The lowest BCUT2D eigenvalue weighted by Crippen LogP contribution is -2.39. The van der Waals surface area contributed by atoms with Gasteiger partial charge in [0.15, 0.2) is 0 Å². The van der Waals surface area contributed by atoms with E-state index in [-0.39, 0.29) is 23.8 Å². The molecule has 108 valence electrons. The molecular weight excluding hydrogens is 254 g/mol. The molecule has 1 aliphatic carbocycles. The van der Waals surface area contributed by atoms with Crippen LogP contribution in [0.1, 0.15) is 37.2 Å². The van der Waals surface area contributed by atoms with Crippen molar-refractivity contribution in [2.24, 2.45) is 5.92 Å². The van der Waals surface area contributed by atoms with Gasteiger partial charge in [0.1, 0.15) is 18.3 Å². The molecule has 0 spiro atoms. The standard InChI is InChI=1S/C16H21NO3/c18-14-7-3-1-5-11(14)9-17-16(19)13-10-20-15-8-4-2-6-12(13)15/h2,4,6,8,11,13-14,18H,1,3,5,7,9-10H2,(H,17,19). The summed E-state index contributed by atoms with van der Waals surface area (Å²) in [5.74, 6) is 0.801. The van der Waals surface area contributed by atoms with Gasteiger partial charge in [-0.2, -0.15) is 0 Å². The SMILES string of the molecule is O=C(NCC1CCCCC1O)C1COc2ccccc21. The summed E-state index contributed by atoms with van der Waals surface area (Å²) in [6, 6.07) is 7.69. The first-order chi connectivity index (χ1) is 9.75. The molecule has 4 heteroatoms. The minimum atomic E-state index is -0.267. The number of carbonyl (C=O) groups is 1. The number of amides is 1. The van der Waals surface area contributed by atoms with Crippen LogP contribution in [0.25, 0.3) is 0 Å². The van der Waals surface area contributed by atoms with E-state index in [0.29, 0.717) is 13.2 Å². The lowest BCUT2D eigenvalue weighted by Gasteiger charge is -2.28. The van der Waals surface area contributed by atoms with E-state index in [9.17, 15) is 9.90 Å². The molecule has 3 atom stereocenters. The molecule has 2 N–H and O–H groups in total. The first-order valence-electron chi connectivity index (χ1n) is 7.43. The Morgan fingerprint density at radius 3 is 2.95 bits per heavy atom. The molecular formula is C16H21NO3. The van der Waals surface area contributed by atoms with E-state index in [1.165, 1.54) is 0 Å². The van der Waals surface area contributed by atoms with Gasteiger partial charge in [-0.25, -0.2) is 0 Å². The lowest BCUT2D eigenvalue weighted by atomic mass is 9.86. The average molecular weight is 275 g/mol. The average Bonchev–Trinajstić information content (AvgIpc) is 2.90. The van der Waals surface area contributed by atoms with E-state index in [2.05, 4.69) is 5.32 Å². The second-order valence-electron chi connectivity index (χ2n) is 5.76. The highest BCUT2D eigenvalue weighted by Gasteiger charge is 2.31. The third kappa shape index (κ3) is 2.66. The molecule has 0 saturated heterocycles. The van der Waals surface area contributed by atoms with Crippen molar-refractivity contribution >= 4 is 5.91 Å². The number of benzene rings is 1. The van der Waals surface area contributed by atoms with Crippen LogP contribution in [0.3, 0.4) is 0 Å². The van der Waals surface area contributed by atoms with Crippen molar-refractivity contribution in [3.8, 4) is 5.75 Å². The zero-order valence-corrected chi connectivity index (χ0v) is 11.5. The largest absolute Gasteiger partial charge is 0.492 e. The monoisotopic (exact) mass is 275 g/mol. The summed E-state index contributed by atoms with van der Waals surface area (Å²) in [7, 11) is 0. The van der Waals surface area contributed by atoms with Gasteiger partial charge in [0.05, 0.1) is 6.10 Å². The van der Waals surface area contributed by atoms with Crippen LogP contribution >= 0.6 is 0 Å². The van der Waals surface area contributed by atoms with E-state index in [1.807, 2.05) is 24.3 Å². The van der Waals surface area contributed by atoms with Gasteiger partial charge in [0.25, 0.3) is 0 Å². The maximum Gasteiger partial charge on any atom is 0.231 e. The summed E-state index contributed by atoms with van der Waals surface area (Å²) in [5.41, 5.74) is 0.967. The molecule has 20 heavy (non-hydrogen) atoms. The molecule has 1 aromatic rings. The molecule has 3 unspecified atom stereocenters. The van der Waals surface area contributed by atoms with Crippen LogP contribution in [0.5, 0.6) is 5.75 Å². The van der Waals surface area contributed by atoms with Gasteiger partial charge in [-0.1, -0.05) is 31.0 Å². The van der Waals surface area contributed by atoms with E-state index in [1.54, 1.807) is 0 Å². The van der Waals surface area contributed by atoms with Crippen LogP contribution in [0.15, 0.2) is 24.3 Å². The summed E-state index contributed by atoms with van der Waals surface area (Å²) < 4.78 is 5.53. The Morgan fingerprint density at radius 2 is 2.10 bits per heavy atom. The number of rotatable bonds is 3. The van der Waals surface area contributed by atoms with Crippen molar-refractivity contribution in [3.63, 3.8) is 0 Å². The van der Waals surface area contributed by atoms with E-state index < -0.39 is 0 Å². The van der Waals surface area contributed by atoms with Crippen molar-refractivity contribution < 1.29 is 14.6 Å². The molecule has 1 aromatic carbocycles. The minimum absolute atomic E-state index is 0.00715. The van der Waals surface area contributed by atoms with E-state index in [4.69, 9.17) is 4.74 Å². The number of nitrogens with one attached hydrogen (secondary N) is 1. The van der Waals surface area contributed by atoms with Crippen LogP contribution in [0.4, 0.5) is 0 Å². The third-order valence-corrected chi connectivity index (χ3v) is 4.42. The zero-order valence-electron chi connectivity index (χ0n) is 11.5. The molecule has 1 fully saturated rings. The summed E-state index contributed by atoms with van der Waals surface area (Å²) in [5, 5.41) is 12.9. The molecule has 3 rings (SSSR count). The number of hydrogen-bond donors (Lipinski definition) is 2. The topological polar surface area (TPSA) is 58.6 Å². The second-order valence-corrected chi connectivity index (χ2v) is 5.76. The summed E-state index contributed by atoms with van der Waals surface area (Å²) >= 11 is 0. The third-order valence-electron chi connectivity index (χ3n) is 4.42. The first-order valence-corrected chi connectivity index (χ1v) is 7.43. The Bertz CT molecular complexity index is 488. The predicted octanol–water partition coefficient (Wildman–Crippen LogP) is 1.83. The lowest BCUT2D eigenvalue weighted by molar-refractivity contribution is -0.123. The summed E-state index contributed by atoms with van der Waals surface area (Å²) in [4.78, 5) is 12.3. The smallest absolute Gasteiger partial charge is 0.231 e. The Morgan fingerprint density at radius 1 is 1.30 bits per heavy atom. The maximum absolute atomic E-state index is 12.3. The molecule has 0 bridgehead atoms.